The molecule has 6 nitrogen and oxygen atoms in total. The molecule has 0 unspecified atom stereocenters. The lowest BCUT2D eigenvalue weighted by Gasteiger charge is -2.18. The van der Waals surface area contributed by atoms with E-state index in [9.17, 15) is 9.59 Å². The Morgan fingerprint density at radius 2 is 2.11 bits per heavy atom. The van der Waals surface area contributed by atoms with Crippen molar-refractivity contribution in [3.8, 4) is 0 Å². The molecule has 0 radical (unpaired) electrons. The first-order chi connectivity index (χ1) is 9.12. The van der Waals surface area contributed by atoms with E-state index in [0.29, 0.717) is 38.3 Å². The van der Waals surface area contributed by atoms with Crippen molar-refractivity contribution in [3.05, 3.63) is 16.1 Å². The van der Waals surface area contributed by atoms with Gasteiger partial charge in [0.2, 0.25) is 5.91 Å². The van der Waals surface area contributed by atoms with Crippen molar-refractivity contribution in [3.63, 3.8) is 0 Å². The summed E-state index contributed by atoms with van der Waals surface area (Å²) in [6, 6.07) is 0. The Bertz CT molecular complexity index is 429. The van der Waals surface area contributed by atoms with Gasteiger partial charge < -0.3 is 16.0 Å². The van der Waals surface area contributed by atoms with Crippen LogP contribution in [0.25, 0.3) is 0 Å². The second-order valence-electron chi connectivity index (χ2n) is 3.90. The Morgan fingerprint density at radius 1 is 1.42 bits per heavy atom. The van der Waals surface area contributed by atoms with E-state index < -0.39 is 0 Å². The third-order valence-electron chi connectivity index (χ3n) is 2.70. The van der Waals surface area contributed by atoms with Crippen LogP contribution in [0.15, 0.2) is 5.38 Å². The Labute approximate surface area is 117 Å². The molecule has 0 bridgehead atoms. The Kier molecular flexibility index (Phi) is 6.44. The first-order valence-corrected chi connectivity index (χ1v) is 7.20. The van der Waals surface area contributed by atoms with Crippen molar-refractivity contribution in [2.45, 2.75) is 26.8 Å². The molecule has 1 rings (SSSR count). The van der Waals surface area contributed by atoms with Crippen molar-refractivity contribution in [1.82, 2.24) is 15.2 Å². The summed E-state index contributed by atoms with van der Waals surface area (Å²) in [5.41, 5.74) is 5.79. The van der Waals surface area contributed by atoms with E-state index in [1.165, 1.54) is 11.3 Å². The number of nitrogens with two attached hydrogens (primary N) is 1. The standard InChI is InChI=1S/C12H20N4O2S/c1-3-16(4-2)11(17)5-6-14-12(18)9-8-19-10(7-13)15-9/h8H,3-7,13H2,1-2H3,(H,14,18). The number of nitrogens with zero attached hydrogens (tertiary/aromatic N) is 2. The van der Waals surface area contributed by atoms with Gasteiger partial charge in [0.05, 0.1) is 0 Å². The number of carbonyl (C=O) groups excluding carboxylic acids is 2. The highest BCUT2D eigenvalue weighted by Gasteiger charge is 2.12. The maximum atomic E-state index is 11.7. The lowest BCUT2D eigenvalue weighted by atomic mass is 10.3. The highest BCUT2D eigenvalue weighted by molar-refractivity contribution is 7.09. The Hall–Kier alpha value is -1.47. The molecule has 2 amide bonds. The minimum Gasteiger partial charge on any atom is -0.350 e. The van der Waals surface area contributed by atoms with E-state index >= 15 is 0 Å². The lowest BCUT2D eigenvalue weighted by molar-refractivity contribution is -0.130. The number of aromatic nitrogens is 1. The van der Waals surface area contributed by atoms with Crippen LogP contribution in [0.5, 0.6) is 0 Å². The largest absolute Gasteiger partial charge is 0.350 e. The van der Waals surface area contributed by atoms with Crippen LogP contribution in [0.2, 0.25) is 0 Å². The molecule has 19 heavy (non-hydrogen) atoms. The highest BCUT2D eigenvalue weighted by Crippen LogP contribution is 2.08. The number of thiazole rings is 1. The van der Waals surface area contributed by atoms with E-state index in [0.717, 1.165) is 5.01 Å². The van der Waals surface area contributed by atoms with Gasteiger partial charge in [-0.2, -0.15) is 0 Å². The number of rotatable bonds is 7. The van der Waals surface area contributed by atoms with Crippen molar-refractivity contribution >= 4 is 23.2 Å². The van der Waals surface area contributed by atoms with Gasteiger partial charge in [0.1, 0.15) is 10.7 Å². The second kappa shape index (κ2) is 7.85. The van der Waals surface area contributed by atoms with Crippen LogP contribution in [0.1, 0.15) is 35.8 Å². The molecule has 0 aromatic carbocycles. The van der Waals surface area contributed by atoms with Gasteiger partial charge in [-0.25, -0.2) is 4.98 Å². The van der Waals surface area contributed by atoms with E-state index in [4.69, 9.17) is 5.73 Å². The molecule has 1 aromatic rings. The number of amides is 2. The van der Waals surface area contributed by atoms with Gasteiger partial charge in [0.25, 0.3) is 5.91 Å². The average molecular weight is 284 g/mol. The van der Waals surface area contributed by atoms with Gasteiger partial charge in [-0.05, 0) is 13.8 Å². The number of carbonyl (C=O) groups is 2. The SMILES string of the molecule is CCN(CC)C(=O)CCNC(=O)c1csc(CN)n1. The zero-order valence-electron chi connectivity index (χ0n) is 11.3. The van der Waals surface area contributed by atoms with Crippen LogP contribution in [-0.4, -0.2) is 41.3 Å². The quantitative estimate of drug-likeness (QED) is 0.767. The van der Waals surface area contributed by atoms with Gasteiger partial charge in [-0.15, -0.1) is 11.3 Å². The molecule has 7 heteroatoms. The van der Waals surface area contributed by atoms with Crippen molar-refractivity contribution in [1.29, 1.82) is 0 Å². The van der Waals surface area contributed by atoms with E-state index in [-0.39, 0.29) is 11.8 Å². The number of hydrogen-bond acceptors (Lipinski definition) is 5. The fourth-order valence-corrected chi connectivity index (χ4v) is 2.27. The van der Waals surface area contributed by atoms with Gasteiger partial charge in [0, 0.05) is 38.0 Å². The fraction of sp³-hybridized carbons (Fsp3) is 0.583. The molecule has 0 atom stereocenters. The van der Waals surface area contributed by atoms with Crippen LogP contribution in [-0.2, 0) is 11.3 Å². The summed E-state index contributed by atoms with van der Waals surface area (Å²) in [7, 11) is 0. The third kappa shape index (κ3) is 4.60. The Morgan fingerprint density at radius 3 is 2.63 bits per heavy atom. The maximum Gasteiger partial charge on any atom is 0.270 e. The van der Waals surface area contributed by atoms with E-state index in [1.54, 1.807) is 10.3 Å². The van der Waals surface area contributed by atoms with Crippen LogP contribution >= 0.6 is 11.3 Å². The molecule has 1 heterocycles. The van der Waals surface area contributed by atoms with Crippen LogP contribution < -0.4 is 11.1 Å². The lowest BCUT2D eigenvalue weighted by Crippen LogP contribution is -2.34. The van der Waals surface area contributed by atoms with Gasteiger partial charge in [-0.1, -0.05) is 0 Å². The first kappa shape index (κ1) is 15.6. The molecule has 0 saturated carbocycles. The van der Waals surface area contributed by atoms with Crippen molar-refractivity contribution < 1.29 is 9.59 Å². The van der Waals surface area contributed by atoms with Crippen LogP contribution in [0.4, 0.5) is 0 Å². The summed E-state index contributed by atoms with van der Waals surface area (Å²) >= 11 is 1.36. The molecule has 0 fully saturated rings. The average Bonchev–Trinajstić information content (AvgIpc) is 2.89. The topological polar surface area (TPSA) is 88.3 Å². The van der Waals surface area contributed by atoms with Crippen LogP contribution in [0, 0.1) is 0 Å². The monoisotopic (exact) mass is 284 g/mol. The number of nitrogens with one attached hydrogen (secondary N) is 1. The fourth-order valence-electron chi connectivity index (χ4n) is 1.62. The Balaban J connectivity index is 2.36. The molecule has 0 aliphatic rings. The highest BCUT2D eigenvalue weighted by atomic mass is 32.1. The molecule has 3 N–H and O–H groups in total. The summed E-state index contributed by atoms with van der Waals surface area (Å²) in [5.74, 6) is -0.213. The minimum absolute atomic E-state index is 0.0474. The van der Waals surface area contributed by atoms with Crippen molar-refractivity contribution in [2.24, 2.45) is 5.73 Å². The summed E-state index contributed by atoms with van der Waals surface area (Å²) in [6.07, 6.45) is 0.307. The van der Waals surface area contributed by atoms with E-state index in [2.05, 4.69) is 10.3 Å². The smallest absolute Gasteiger partial charge is 0.270 e. The first-order valence-electron chi connectivity index (χ1n) is 6.32. The zero-order chi connectivity index (χ0) is 14.3. The third-order valence-corrected chi connectivity index (χ3v) is 3.57. The molecule has 0 saturated heterocycles. The second-order valence-corrected chi connectivity index (χ2v) is 4.85. The molecule has 0 spiro atoms. The predicted molar refractivity (Wildman–Crippen MR) is 74.9 cm³/mol. The van der Waals surface area contributed by atoms with Gasteiger partial charge >= 0.3 is 0 Å². The molecule has 0 aliphatic carbocycles. The van der Waals surface area contributed by atoms with Gasteiger partial charge in [-0.3, -0.25) is 9.59 Å². The van der Waals surface area contributed by atoms with Gasteiger partial charge in [0.15, 0.2) is 0 Å². The summed E-state index contributed by atoms with van der Waals surface area (Å²) < 4.78 is 0. The van der Waals surface area contributed by atoms with Crippen LogP contribution in [0.3, 0.4) is 0 Å². The zero-order valence-corrected chi connectivity index (χ0v) is 12.1. The predicted octanol–water partition coefficient (Wildman–Crippen LogP) is 0.590. The molecular weight excluding hydrogens is 264 g/mol. The summed E-state index contributed by atoms with van der Waals surface area (Å²) in [4.78, 5) is 29.3. The summed E-state index contributed by atoms with van der Waals surface area (Å²) in [6.45, 7) is 5.90. The normalized spacial score (nSPS) is 10.3. The minimum atomic E-state index is -0.261. The van der Waals surface area contributed by atoms with Crippen molar-refractivity contribution in [2.75, 3.05) is 19.6 Å². The molecule has 106 valence electrons. The molecule has 1 aromatic heterocycles. The summed E-state index contributed by atoms with van der Waals surface area (Å²) in [5, 5.41) is 5.08. The number of hydrogen-bond donors (Lipinski definition) is 2. The molecule has 0 aliphatic heterocycles. The molecular formula is C12H20N4O2S. The maximum absolute atomic E-state index is 11.7. The van der Waals surface area contributed by atoms with E-state index in [1.807, 2.05) is 13.8 Å².